The summed E-state index contributed by atoms with van der Waals surface area (Å²) in [5.41, 5.74) is 2.07. The van der Waals surface area contributed by atoms with Gasteiger partial charge in [0.2, 0.25) is 0 Å². The highest BCUT2D eigenvalue weighted by molar-refractivity contribution is 7.80. The number of benzene rings is 2. The van der Waals surface area contributed by atoms with Crippen LogP contribution in [-0.4, -0.2) is 4.86 Å². The van der Waals surface area contributed by atoms with Gasteiger partial charge in [-0.15, -0.1) is 0 Å². The lowest BCUT2D eigenvalue weighted by molar-refractivity contribution is 1.25. The molecule has 0 N–H and O–H groups in total. The largest absolute Gasteiger partial charge is 0.0890 e. The molecule has 0 spiro atoms. The summed E-state index contributed by atoms with van der Waals surface area (Å²) in [6.07, 6.45) is 1.35. The van der Waals surface area contributed by atoms with Crippen molar-refractivity contribution >= 4 is 51.9 Å². The quantitative estimate of drug-likeness (QED) is 0.639. The standard InChI is InChI=1S/C15H11Cl3S/c16-12-5-1-3-10(7-12)8-13(19)9-11-4-2-6-14(17)15(11)18/h1-7H,8-9H2. The normalized spacial score (nSPS) is 10.5. The molecule has 19 heavy (non-hydrogen) atoms. The van der Waals surface area contributed by atoms with Crippen molar-refractivity contribution < 1.29 is 0 Å². The zero-order valence-corrected chi connectivity index (χ0v) is 13.1. The van der Waals surface area contributed by atoms with E-state index in [1.807, 2.05) is 36.4 Å². The van der Waals surface area contributed by atoms with Crippen LogP contribution in [0.4, 0.5) is 0 Å². The molecule has 4 heteroatoms. The lowest BCUT2D eigenvalue weighted by atomic mass is 10.0. The van der Waals surface area contributed by atoms with Crippen LogP contribution in [0.15, 0.2) is 42.5 Å². The number of hydrogen-bond donors (Lipinski definition) is 0. The fraction of sp³-hybridized carbons (Fsp3) is 0.133. The van der Waals surface area contributed by atoms with Gasteiger partial charge in [0.25, 0.3) is 0 Å². The number of halogens is 3. The molecule has 0 heterocycles. The van der Waals surface area contributed by atoms with E-state index in [9.17, 15) is 0 Å². The van der Waals surface area contributed by atoms with Gasteiger partial charge in [-0.2, -0.15) is 0 Å². The maximum absolute atomic E-state index is 6.15. The second-order valence-electron chi connectivity index (χ2n) is 4.24. The molecule has 0 aromatic heterocycles. The summed E-state index contributed by atoms with van der Waals surface area (Å²) < 4.78 is 0. The van der Waals surface area contributed by atoms with Crippen molar-refractivity contribution in [3.8, 4) is 0 Å². The van der Waals surface area contributed by atoms with Gasteiger partial charge in [0.05, 0.1) is 10.0 Å². The highest BCUT2D eigenvalue weighted by Gasteiger charge is 2.07. The molecule has 2 rings (SSSR count). The molecule has 2 aromatic carbocycles. The van der Waals surface area contributed by atoms with Gasteiger partial charge in [0.1, 0.15) is 0 Å². The van der Waals surface area contributed by atoms with Crippen LogP contribution in [0.5, 0.6) is 0 Å². The number of hydrogen-bond acceptors (Lipinski definition) is 1. The zero-order chi connectivity index (χ0) is 13.8. The summed E-state index contributed by atoms with van der Waals surface area (Å²) in [4.78, 5) is 0.909. The van der Waals surface area contributed by atoms with E-state index in [2.05, 4.69) is 0 Å². The fourth-order valence-electron chi connectivity index (χ4n) is 1.83. The third-order valence-corrected chi connectivity index (χ3v) is 4.09. The Morgan fingerprint density at radius 2 is 1.68 bits per heavy atom. The summed E-state index contributed by atoms with van der Waals surface area (Å²) in [6.45, 7) is 0. The van der Waals surface area contributed by atoms with Crippen molar-refractivity contribution in [2.75, 3.05) is 0 Å². The minimum atomic E-state index is 0.560. The molecule has 0 radical (unpaired) electrons. The van der Waals surface area contributed by atoms with Crippen LogP contribution in [0.3, 0.4) is 0 Å². The van der Waals surface area contributed by atoms with Crippen molar-refractivity contribution in [2.45, 2.75) is 12.8 Å². The first-order valence-electron chi connectivity index (χ1n) is 5.75. The Kier molecular flexibility index (Phi) is 5.23. The highest BCUT2D eigenvalue weighted by Crippen LogP contribution is 2.26. The minimum absolute atomic E-state index is 0.560. The van der Waals surface area contributed by atoms with Gasteiger partial charge < -0.3 is 0 Å². The van der Waals surface area contributed by atoms with Crippen LogP contribution >= 0.6 is 47.0 Å². The Balaban J connectivity index is 2.08. The molecule has 98 valence electrons. The Labute approximate surface area is 133 Å². The van der Waals surface area contributed by atoms with E-state index in [4.69, 9.17) is 47.0 Å². The fourth-order valence-corrected chi connectivity index (χ4v) is 2.76. The average Bonchev–Trinajstić information content (AvgIpc) is 2.35. The maximum atomic E-state index is 6.15. The van der Waals surface area contributed by atoms with Gasteiger partial charge in [-0.25, -0.2) is 0 Å². The molecule has 0 fully saturated rings. The molecule has 0 saturated carbocycles. The Morgan fingerprint density at radius 3 is 2.42 bits per heavy atom. The van der Waals surface area contributed by atoms with Crippen LogP contribution in [0.1, 0.15) is 11.1 Å². The van der Waals surface area contributed by atoms with Gasteiger partial charge in [-0.05, 0) is 29.3 Å². The molecule has 0 amide bonds. The summed E-state index contributed by atoms with van der Waals surface area (Å²) in [7, 11) is 0. The van der Waals surface area contributed by atoms with E-state index < -0.39 is 0 Å². The first-order chi connectivity index (χ1) is 9.06. The highest BCUT2D eigenvalue weighted by atomic mass is 35.5. The third-order valence-electron chi connectivity index (χ3n) is 2.71. The van der Waals surface area contributed by atoms with Crippen LogP contribution in [-0.2, 0) is 12.8 Å². The first-order valence-corrected chi connectivity index (χ1v) is 7.29. The Morgan fingerprint density at radius 1 is 0.947 bits per heavy atom. The van der Waals surface area contributed by atoms with Crippen molar-refractivity contribution in [3.05, 3.63) is 68.7 Å². The lowest BCUT2D eigenvalue weighted by Gasteiger charge is -2.07. The van der Waals surface area contributed by atoms with E-state index in [1.165, 1.54) is 0 Å². The van der Waals surface area contributed by atoms with Crippen molar-refractivity contribution in [2.24, 2.45) is 0 Å². The van der Waals surface area contributed by atoms with Gasteiger partial charge >= 0.3 is 0 Å². The van der Waals surface area contributed by atoms with Crippen molar-refractivity contribution in [1.82, 2.24) is 0 Å². The van der Waals surface area contributed by atoms with Crippen LogP contribution in [0.2, 0.25) is 15.1 Å². The molecule has 0 nitrogen and oxygen atoms in total. The van der Waals surface area contributed by atoms with E-state index in [-0.39, 0.29) is 0 Å². The van der Waals surface area contributed by atoms with E-state index >= 15 is 0 Å². The van der Waals surface area contributed by atoms with E-state index in [0.29, 0.717) is 22.9 Å². The number of rotatable bonds is 4. The summed E-state index contributed by atoms with van der Waals surface area (Å²) in [5.74, 6) is 0. The molecule has 0 aliphatic carbocycles. The topological polar surface area (TPSA) is 0 Å². The second-order valence-corrected chi connectivity index (χ2v) is 6.03. The summed E-state index contributed by atoms with van der Waals surface area (Å²) >= 11 is 23.5. The monoisotopic (exact) mass is 328 g/mol. The van der Waals surface area contributed by atoms with Crippen LogP contribution < -0.4 is 0 Å². The molecule has 0 unspecified atom stereocenters. The first kappa shape index (κ1) is 14.8. The molecule has 0 bridgehead atoms. The predicted octanol–water partition coefficient (Wildman–Crippen LogP) is 5.80. The van der Waals surface area contributed by atoms with Gasteiger partial charge in [-0.1, -0.05) is 71.3 Å². The smallest absolute Gasteiger partial charge is 0.0627 e. The predicted molar refractivity (Wildman–Crippen MR) is 87.9 cm³/mol. The van der Waals surface area contributed by atoms with E-state index in [0.717, 1.165) is 21.0 Å². The molecule has 0 atom stereocenters. The average molecular weight is 330 g/mol. The Bertz CT molecular complexity index is 608. The van der Waals surface area contributed by atoms with Gasteiger partial charge in [-0.3, -0.25) is 0 Å². The second kappa shape index (κ2) is 6.71. The van der Waals surface area contributed by atoms with Crippen molar-refractivity contribution in [3.63, 3.8) is 0 Å². The lowest BCUT2D eigenvalue weighted by Crippen LogP contribution is -2.04. The maximum Gasteiger partial charge on any atom is 0.0627 e. The van der Waals surface area contributed by atoms with Crippen LogP contribution in [0.25, 0.3) is 0 Å². The summed E-state index contributed by atoms with van der Waals surface area (Å²) in [5, 5.41) is 1.86. The molecular formula is C15H11Cl3S. The Hall–Kier alpha value is -0.600. The minimum Gasteiger partial charge on any atom is -0.0890 e. The third kappa shape index (κ3) is 4.19. The molecule has 2 aromatic rings. The van der Waals surface area contributed by atoms with E-state index in [1.54, 1.807) is 6.07 Å². The number of thiocarbonyl (C=S) groups is 1. The molecular weight excluding hydrogens is 319 g/mol. The van der Waals surface area contributed by atoms with Gasteiger partial charge in [0, 0.05) is 22.7 Å². The molecule has 0 aliphatic rings. The van der Waals surface area contributed by atoms with Gasteiger partial charge in [0.15, 0.2) is 0 Å². The molecule has 0 saturated heterocycles. The summed E-state index contributed by atoms with van der Waals surface area (Å²) in [6, 6.07) is 13.3. The SMILES string of the molecule is S=C(Cc1cccc(Cl)c1)Cc1cccc(Cl)c1Cl. The zero-order valence-electron chi connectivity index (χ0n) is 10.00. The van der Waals surface area contributed by atoms with Crippen molar-refractivity contribution in [1.29, 1.82) is 0 Å². The van der Waals surface area contributed by atoms with Crippen LogP contribution in [0, 0.1) is 0 Å². The molecule has 0 aliphatic heterocycles.